The average Bonchev–Trinajstić information content (AvgIpc) is 2.55. The van der Waals surface area contributed by atoms with Crippen LogP contribution in [0.1, 0.15) is 16.6 Å². The summed E-state index contributed by atoms with van der Waals surface area (Å²) < 4.78 is 1.06. The van der Waals surface area contributed by atoms with Gasteiger partial charge < -0.3 is 4.90 Å². The summed E-state index contributed by atoms with van der Waals surface area (Å²) >= 11 is 7.62. The van der Waals surface area contributed by atoms with Crippen molar-refractivity contribution in [3.63, 3.8) is 0 Å². The van der Waals surface area contributed by atoms with Crippen LogP contribution >= 0.6 is 22.9 Å². The monoisotopic (exact) mass is 253 g/mol. The molecule has 1 aromatic heterocycles. The van der Waals surface area contributed by atoms with Crippen LogP contribution in [0, 0.1) is 0 Å². The van der Waals surface area contributed by atoms with Gasteiger partial charge in [-0.05, 0) is 18.2 Å². The molecule has 2 aromatic rings. The van der Waals surface area contributed by atoms with Crippen LogP contribution in [0.2, 0.25) is 5.02 Å². The fourth-order valence-corrected chi connectivity index (χ4v) is 3.05. The summed E-state index contributed by atoms with van der Waals surface area (Å²) in [6, 6.07) is 6.03. The van der Waals surface area contributed by atoms with E-state index >= 15 is 0 Å². The highest BCUT2D eigenvalue weighted by Crippen LogP contribution is 2.37. The standard InChI is InChI=1S/C12H12ClNOS/c1-7(15)12-11(13)9-5-4-8(14(2)3)6-10(9)16-12/h4-6H,1-3H3. The van der Waals surface area contributed by atoms with Crippen molar-refractivity contribution in [2.24, 2.45) is 0 Å². The molecule has 0 radical (unpaired) electrons. The number of Topliss-reactive ketones (excluding diaryl/α,β-unsaturated/α-hetero) is 1. The van der Waals surface area contributed by atoms with Gasteiger partial charge in [0.25, 0.3) is 0 Å². The smallest absolute Gasteiger partial charge is 0.171 e. The molecule has 0 saturated carbocycles. The SMILES string of the molecule is CC(=O)c1sc2cc(N(C)C)ccc2c1Cl. The molecule has 16 heavy (non-hydrogen) atoms. The summed E-state index contributed by atoms with van der Waals surface area (Å²) in [5.74, 6) is 0.0256. The van der Waals surface area contributed by atoms with Crippen LogP contribution in [0.25, 0.3) is 10.1 Å². The van der Waals surface area contributed by atoms with Gasteiger partial charge in [0.15, 0.2) is 5.78 Å². The van der Waals surface area contributed by atoms with E-state index in [9.17, 15) is 4.79 Å². The molecule has 0 spiro atoms. The van der Waals surface area contributed by atoms with Crippen LogP contribution in [0.15, 0.2) is 18.2 Å². The number of benzene rings is 1. The van der Waals surface area contributed by atoms with Crippen molar-refractivity contribution in [1.29, 1.82) is 0 Å². The van der Waals surface area contributed by atoms with Crippen molar-refractivity contribution < 1.29 is 4.79 Å². The third-order valence-electron chi connectivity index (χ3n) is 2.45. The summed E-state index contributed by atoms with van der Waals surface area (Å²) in [5, 5.41) is 1.54. The number of carbonyl (C=O) groups is 1. The maximum atomic E-state index is 11.4. The molecule has 0 atom stereocenters. The van der Waals surface area contributed by atoms with E-state index < -0.39 is 0 Å². The van der Waals surface area contributed by atoms with Gasteiger partial charge in [-0.25, -0.2) is 0 Å². The van der Waals surface area contributed by atoms with Crippen molar-refractivity contribution in [2.75, 3.05) is 19.0 Å². The van der Waals surface area contributed by atoms with Gasteiger partial charge in [0.05, 0.1) is 9.90 Å². The molecule has 0 aliphatic carbocycles. The number of rotatable bonds is 2. The molecule has 1 aromatic carbocycles. The van der Waals surface area contributed by atoms with Crippen LogP contribution in [0.5, 0.6) is 0 Å². The van der Waals surface area contributed by atoms with Crippen molar-refractivity contribution in [1.82, 2.24) is 0 Å². The van der Waals surface area contributed by atoms with Crippen LogP contribution in [-0.2, 0) is 0 Å². The van der Waals surface area contributed by atoms with E-state index in [-0.39, 0.29) is 5.78 Å². The minimum atomic E-state index is 0.0256. The second-order valence-electron chi connectivity index (χ2n) is 3.88. The molecule has 4 heteroatoms. The Labute approximate surface area is 103 Å². The fraction of sp³-hybridized carbons (Fsp3) is 0.250. The first-order chi connectivity index (χ1) is 7.50. The predicted molar refractivity (Wildman–Crippen MR) is 71.2 cm³/mol. The quantitative estimate of drug-likeness (QED) is 0.759. The molecule has 0 saturated heterocycles. The van der Waals surface area contributed by atoms with Crippen LogP contribution in [-0.4, -0.2) is 19.9 Å². The van der Waals surface area contributed by atoms with E-state index in [4.69, 9.17) is 11.6 Å². The Hall–Kier alpha value is -1.06. The van der Waals surface area contributed by atoms with E-state index in [1.807, 2.05) is 31.1 Å². The number of nitrogens with zero attached hydrogens (tertiary/aromatic N) is 1. The second kappa shape index (κ2) is 4.07. The van der Waals surface area contributed by atoms with Crippen LogP contribution in [0.4, 0.5) is 5.69 Å². The number of anilines is 1. The number of fused-ring (bicyclic) bond motifs is 1. The summed E-state index contributed by atoms with van der Waals surface area (Å²) in [5.41, 5.74) is 1.11. The van der Waals surface area contributed by atoms with Crippen molar-refractivity contribution >= 4 is 44.5 Å². The number of thiophene rings is 1. The Morgan fingerprint density at radius 3 is 2.62 bits per heavy atom. The first-order valence-corrected chi connectivity index (χ1v) is 6.10. The zero-order valence-electron chi connectivity index (χ0n) is 9.37. The summed E-state index contributed by atoms with van der Waals surface area (Å²) in [4.78, 5) is 14.0. The molecule has 0 aliphatic rings. The molecule has 0 unspecified atom stereocenters. The van der Waals surface area contributed by atoms with Crippen molar-refractivity contribution in [2.45, 2.75) is 6.92 Å². The van der Waals surface area contributed by atoms with E-state index in [1.165, 1.54) is 11.3 Å². The Morgan fingerprint density at radius 1 is 1.38 bits per heavy atom. The van der Waals surface area contributed by atoms with E-state index in [0.717, 1.165) is 15.8 Å². The first-order valence-electron chi connectivity index (χ1n) is 4.91. The van der Waals surface area contributed by atoms with Crippen LogP contribution < -0.4 is 4.90 Å². The topological polar surface area (TPSA) is 20.3 Å². The lowest BCUT2D eigenvalue weighted by Gasteiger charge is -2.11. The Balaban J connectivity index is 2.67. The molecule has 0 N–H and O–H groups in total. The largest absolute Gasteiger partial charge is 0.378 e. The first kappa shape index (κ1) is 11.4. The Morgan fingerprint density at radius 2 is 2.06 bits per heavy atom. The molecule has 2 nitrogen and oxygen atoms in total. The number of carbonyl (C=O) groups excluding carboxylic acids is 1. The van der Waals surface area contributed by atoms with Gasteiger partial charge in [0, 0.05) is 36.8 Å². The van der Waals surface area contributed by atoms with E-state index in [0.29, 0.717) is 9.90 Å². The molecule has 0 aliphatic heterocycles. The third kappa shape index (κ3) is 1.81. The van der Waals surface area contributed by atoms with Gasteiger partial charge in [-0.3, -0.25) is 4.79 Å². The molecule has 2 rings (SSSR count). The zero-order valence-corrected chi connectivity index (χ0v) is 10.9. The number of halogens is 1. The summed E-state index contributed by atoms with van der Waals surface area (Å²) in [7, 11) is 3.98. The molecular weight excluding hydrogens is 242 g/mol. The van der Waals surface area contributed by atoms with Gasteiger partial charge in [-0.2, -0.15) is 0 Å². The minimum Gasteiger partial charge on any atom is -0.378 e. The lowest BCUT2D eigenvalue weighted by atomic mass is 10.2. The van der Waals surface area contributed by atoms with Gasteiger partial charge in [-0.15, -0.1) is 11.3 Å². The summed E-state index contributed by atoms with van der Waals surface area (Å²) in [6.45, 7) is 1.55. The molecule has 1 heterocycles. The van der Waals surface area contributed by atoms with Gasteiger partial charge in [0.2, 0.25) is 0 Å². The zero-order chi connectivity index (χ0) is 11.9. The Kier molecular flexibility index (Phi) is 2.91. The fourth-order valence-electron chi connectivity index (χ4n) is 1.56. The molecule has 84 valence electrons. The predicted octanol–water partition coefficient (Wildman–Crippen LogP) is 3.82. The van der Waals surface area contributed by atoms with Crippen LogP contribution in [0.3, 0.4) is 0 Å². The third-order valence-corrected chi connectivity index (χ3v) is 4.21. The second-order valence-corrected chi connectivity index (χ2v) is 5.31. The highest BCUT2D eigenvalue weighted by Gasteiger charge is 2.14. The highest BCUT2D eigenvalue weighted by molar-refractivity contribution is 7.21. The lowest BCUT2D eigenvalue weighted by molar-refractivity contribution is 0.102. The normalized spacial score (nSPS) is 10.8. The van der Waals surface area contributed by atoms with E-state index in [2.05, 4.69) is 6.07 Å². The van der Waals surface area contributed by atoms with Gasteiger partial charge >= 0.3 is 0 Å². The lowest BCUT2D eigenvalue weighted by Crippen LogP contribution is -2.07. The average molecular weight is 254 g/mol. The van der Waals surface area contributed by atoms with Gasteiger partial charge in [0.1, 0.15) is 0 Å². The summed E-state index contributed by atoms with van der Waals surface area (Å²) in [6.07, 6.45) is 0. The van der Waals surface area contributed by atoms with E-state index in [1.54, 1.807) is 6.92 Å². The highest BCUT2D eigenvalue weighted by atomic mass is 35.5. The molecular formula is C12H12ClNOS. The maximum Gasteiger partial charge on any atom is 0.171 e. The molecule has 0 fully saturated rings. The van der Waals surface area contributed by atoms with Crippen molar-refractivity contribution in [3.8, 4) is 0 Å². The number of hydrogen-bond donors (Lipinski definition) is 0. The molecule has 0 bridgehead atoms. The minimum absolute atomic E-state index is 0.0256. The Bertz CT molecular complexity index is 559. The van der Waals surface area contributed by atoms with Gasteiger partial charge in [-0.1, -0.05) is 11.6 Å². The van der Waals surface area contributed by atoms with Crippen molar-refractivity contribution in [3.05, 3.63) is 28.1 Å². The number of hydrogen-bond acceptors (Lipinski definition) is 3. The number of ketones is 1. The maximum absolute atomic E-state index is 11.4. The molecule has 0 amide bonds.